The van der Waals surface area contributed by atoms with Crippen molar-refractivity contribution in [2.75, 3.05) is 12.3 Å². The van der Waals surface area contributed by atoms with Gasteiger partial charge in [-0.15, -0.1) is 0 Å². The summed E-state index contributed by atoms with van der Waals surface area (Å²) in [6.07, 6.45) is 0. The van der Waals surface area contributed by atoms with E-state index in [1.165, 1.54) is 0 Å². The van der Waals surface area contributed by atoms with Gasteiger partial charge >= 0.3 is 0 Å². The number of amides is 1. The molecule has 0 saturated carbocycles. The van der Waals surface area contributed by atoms with E-state index in [0.717, 1.165) is 40.0 Å². The Bertz CT molecular complexity index is 1180. The molecule has 1 N–H and O–H groups in total. The van der Waals surface area contributed by atoms with Crippen LogP contribution in [0.2, 0.25) is 5.02 Å². The van der Waals surface area contributed by atoms with Crippen LogP contribution >= 0.6 is 23.4 Å². The van der Waals surface area contributed by atoms with Crippen LogP contribution in [0.25, 0.3) is 22.5 Å². The molecule has 0 aliphatic carbocycles. The van der Waals surface area contributed by atoms with Crippen LogP contribution in [0.1, 0.15) is 17.3 Å². The minimum absolute atomic E-state index is 0.101. The Morgan fingerprint density at radius 1 is 0.938 bits per heavy atom. The van der Waals surface area contributed by atoms with E-state index >= 15 is 0 Å². The maximum absolute atomic E-state index is 12.3. The van der Waals surface area contributed by atoms with Crippen molar-refractivity contribution < 1.29 is 4.79 Å². The molecule has 0 aliphatic rings. The maximum Gasteiger partial charge on any atom is 0.251 e. The number of halogens is 1. The quantitative estimate of drug-likeness (QED) is 0.243. The van der Waals surface area contributed by atoms with E-state index in [-0.39, 0.29) is 5.91 Å². The second-order valence-electron chi connectivity index (χ2n) is 7.18. The number of hydrogen-bond donors (Lipinski definition) is 1. The van der Waals surface area contributed by atoms with Gasteiger partial charge in [-0.05, 0) is 31.2 Å². The zero-order chi connectivity index (χ0) is 22.3. The standard InChI is InChI=1S/C26H24ClN3OS/c1-2-30-24(20-11-7-4-8-12-20)23(19-9-5-3-6-10-19)29-26(30)32-18-17-28-25(31)21-13-15-22(27)16-14-21/h3-16H,2,17-18H2,1H3,(H,28,31). The smallest absolute Gasteiger partial charge is 0.251 e. The van der Waals surface area contributed by atoms with Crippen molar-refractivity contribution in [1.29, 1.82) is 0 Å². The SMILES string of the molecule is CCn1c(SCCNC(=O)c2ccc(Cl)cc2)nc(-c2ccccc2)c1-c1ccccc1. The summed E-state index contributed by atoms with van der Waals surface area (Å²) in [5.41, 5.74) is 4.94. The van der Waals surface area contributed by atoms with Crippen molar-refractivity contribution in [2.45, 2.75) is 18.6 Å². The zero-order valence-electron chi connectivity index (χ0n) is 17.8. The highest BCUT2D eigenvalue weighted by atomic mass is 35.5. The monoisotopic (exact) mass is 461 g/mol. The van der Waals surface area contributed by atoms with Crippen molar-refractivity contribution in [1.82, 2.24) is 14.9 Å². The third-order valence-corrected chi connectivity index (χ3v) is 6.30. The van der Waals surface area contributed by atoms with E-state index in [9.17, 15) is 4.79 Å². The number of hydrogen-bond acceptors (Lipinski definition) is 3. The summed E-state index contributed by atoms with van der Waals surface area (Å²) in [5, 5.41) is 4.54. The predicted molar refractivity (Wildman–Crippen MR) is 133 cm³/mol. The highest BCUT2D eigenvalue weighted by molar-refractivity contribution is 7.99. The van der Waals surface area contributed by atoms with Gasteiger partial charge < -0.3 is 9.88 Å². The van der Waals surface area contributed by atoms with Crippen LogP contribution in [0.15, 0.2) is 90.1 Å². The van der Waals surface area contributed by atoms with E-state index in [1.807, 2.05) is 24.3 Å². The highest BCUT2D eigenvalue weighted by Crippen LogP contribution is 2.35. The van der Waals surface area contributed by atoms with Gasteiger partial charge in [-0.3, -0.25) is 4.79 Å². The van der Waals surface area contributed by atoms with Gasteiger partial charge in [-0.2, -0.15) is 0 Å². The fourth-order valence-electron chi connectivity index (χ4n) is 3.53. The number of thioether (sulfide) groups is 1. The molecule has 0 unspecified atom stereocenters. The van der Waals surface area contributed by atoms with E-state index < -0.39 is 0 Å². The highest BCUT2D eigenvalue weighted by Gasteiger charge is 2.19. The third-order valence-electron chi connectivity index (χ3n) is 5.07. The number of carbonyl (C=O) groups excluding carboxylic acids is 1. The number of imidazole rings is 1. The number of carbonyl (C=O) groups is 1. The molecule has 0 radical (unpaired) electrons. The lowest BCUT2D eigenvalue weighted by atomic mass is 10.0. The van der Waals surface area contributed by atoms with Crippen molar-refractivity contribution in [3.8, 4) is 22.5 Å². The molecule has 4 rings (SSSR count). The Morgan fingerprint density at radius 3 is 2.19 bits per heavy atom. The molecule has 1 amide bonds. The first-order valence-corrected chi connectivity index (χ1v) is 11.9. The van der Waals surface area contributed by atoms with Crippen LogP contribution in [0.4, 0.5) is 0 Å². The summed E-state index contributed by atoms with van der Waals surface area (Å²) in [6, 6.07) is 27.5. The van der Waals surface area contributed by atoms with E-state index in [0.29, 0.717) is 17.1 Å². The molecule has 6 heteroatoms. The molecule has 162 valence electrons. The van der Waals surface area contributed by atoms with Gasteiger partial charge in [-0.1, -0.05) is 84.0 Å². The Hall–Kier alpha value is -3.02. The lowest BCUT2D eigenvalue weighted by molar-refractivity contribution is 0.0956. The van der Waals surface area contributed by atoms with Crippen molar-refractivity contribution >= 4 is 29.3 Å². The van der Waals surface area contributed by atoms with Crippen LogP contribution in [0, 0.1) is 0 Å². The summed E-state index contributed by atoms with van der Waals surface area (Å²) < 4.78 is 2.25. The van der Waals surface area contributed by atoms with E-state index in [2.05, 4.69) is 53.2 Å². The first-order chi connectivity index (χ1) is 15.7. The van der Waals surface area contributed by atoms with Gasteiger partial charge in [0, 0.05) is 40.6 Å². The topological polar surface area (TPSA) is 46.9 Å². The van der Waals surface area contributed by atoms with Gasteiger partial charge in [-0.25, -0.2) is 4.98 Å². The van der Waals surface area contributed by atoms with Gasteiger partial charge in [0.15, 0.2) is 5.16 Å². The van der Waals surface area contributed by atoms with Crippen molar-refractivity contribution in [3.63, 3.8) is 0 Å². The van der Waals surface area contributed by atoms with Crippen molar-refractivity contribution in [2.24, 2.45) is 0 Å². The summed E-state index contributed by atoms with van der Waals surface area (Å²) >= 11 is 7.55. The van der Waals surface area contributed by atoms with Crippen LogP contribution in [0.3, 0.4) is 0 Å². The molecule has 0 saturated heterocycles. The van der Waals surface area contributed by atoms with Gasteiger partial charge in [0.2, 0.25) is 0 Å². The largest absolute Gasteiger partial charge is 0.351 e. The average Bonchev–Trinajstić information content (AvgIpc) is 3.21. The Morgan fingerprint density at radius 2 is 1.56 bits per heavy atom. The minimum atomic E-state index is -0.101. The Balaban J connectivity index is 1.53. The molecule has 4 nitrogen and oxygen atoms in total. The predicted octanol–water partition coefficient (Wildman–Crippen LogP) is 6.41. The number of rotatable bonds is 8. The van der Waals surface area contributed by atoms with Gasteiger partial charge in [0.1, 0.15) is 0 Å². The summed E-state index contributed by atoms with van der Waals surface area (Å²) in [6.45, 7) is 3.49. The molecule has 1 heterocycles. The zero-order valence-corrected chi connectivity index (χ0v) is 19.4. The third kappa shape index (κ3) is 5.06. The lowest BCUT2D eigenvalue weighted by Crippen LogP contribution is -2.25. The summed E-state index contributed by atoms with van der Waals surface area (Å²) in [4.78, 5) is 17.3. The molecule has 0 aliphatic heterocycles. The van der Waals surface area contributed by atoms with Gasteiger partial charge in [0.05, 0.1) is 11.4 Å². The molecular weight excluding hydrogens is 438 g/mol. The fraction of sp³-hybridized carbons (Fsp3) is 0.154. The van der Waals surface area contributed by atoms with Crippen LogP contribution < -0.4 is 5.32 Å². The molecule has 0 atom stereocenters. The first kappa shape index (κ1) is 22.2. The number of aromatic nitrogens is 2. The van der Waals surface area contributed by atoms with Crippen LogP contribution in [-0.2, 0) is 6.54 Å². The van der Waals surface area contributed by atoms with Gasteiger partial charge in [0.25, 0.3) is 5.91 Å². The molecule has 1 aromatic heterocycles. The molecule has 4 aromatic rings. The second kappa shape index (κ2) is 10.5. The number of nitrogens with one attached hydrogen (secondary N) is 1. The van der Waals surface area contributed by atoms with E-state index in [1.54, 1.807) is 36.0 Å². The Labute approximate surface area is 197 Å². The fourth-order valence-corrected chi connectivity index (χ4v) is 4.58. The average molecular weight is 462 g/mol. The normalized spacial score (nSPS) is 10.8. The summed E-state index contributed by atoms with van der Waals surface area (Å²) in [7, 11) is 0. The van der Waals surface area contributed by atoms with Crippen LogP contribution in [0.5, 0.6) is 0 Å². The lowest BCUT2D eigenvalue weighted by Gasteiger charge is -2.11. The van der Waals surface area contributed by atoms with E-state index in [4.69, 9.17) is 16.6 Å². The Kier molecular flexibility index (Phi) is 7.30. The minimum Gasteiger partial charge on any atom is -0.351 e. The summed E-state index contributed by atoms with van der Waals surface area (Å²) in [5.74, 6) is 0.620. The molecule has 3 aromatic carbocycles. The first-order valence-electron chi connectivity index (χ1n) is 10.5. The number of nitrogens with zero attached hydrogens (tertiary/aromatic N) is 2. The van der Waals surface area contributed by atoms with Crippen molar-refractivity contribution in [3.05, 3.63) is 95.5 Å². The molecule has 0 fully saturated rings. The molecule has 32 heavy (non-hydrogen) atoms. The van der Waals surface area contributed by atoms with Crippen LogP contribution in [-0.4, -0.2) is 27.8 Å². The molecule has 0 spiro atoms. The molecular formula is C26H24ClN3OS. The maximum atomic E-state index is 12.3. The molecule has 0 bridgehead atoms. The second-order valence-corrected chi connectivity index (χ2v) is 8.68. The number of benzene rings is 3.